The first kappa shape index (κ1) is 8.40. The van der Waals surface area contributed by atoms with Gasteiger partial charge in [-0.25, -0.2) is 8.42 Å². The molecular formula is C4H8N2O2S. The average molecular weight is 148 g/mol. The molecule has 0 rings (SSSR count). The Labute approximate surface area is 54.5 Å². The van der Waals surface area contributed by atoms with E-state index >= 15 is 0 Å². The molecule has 52 valence electrons. The Hall–Kier alpha value is -0.600. The van der Waals surface area contributed by atoms with Crippen molar-refractivity contribution in [1.82, 2.24) is 4.72 Å². The normalized spacial score (nSPS) is 14.3. The fourth-order valence-electron chi connectivity index (χ4n) is 0.347. The third-order valence-corrected chi connectivity index (χ3v) is 1.37. The summed E-state index contributed by atoms with van der Waals surface area (Å²) in [5.41, 5.74) is 0. The molecule has 9 heavy (non-hydrogen) atoms. The second kappa shape index (κ2) is 2.80. The van der Waals surface area contributed by atoms with E-state index in [4.69, 9.17) is 5.26 Å². The lowest BCUT2D eigenvalue weighted by Crippen LogP contribution is -2.30. The van der Waals surface area contributed by atoms with Crippen LogP contribution in [0.25, 0.3) is 0 Å². The van der Waals surface area contributed by atoms with E-state index < -0.39 is 16.1 Å². The lowest BCUT2D eigenvalue weighted by molar-refractivity contribution is 0.583. The summed E-state index contributed by atoms with van der Waals surface area (Å²) in [5, 5.41) is 8.12. The van der Waals surface area contributed by atoms with E-state index in [9.17, 15) is 8.42 Å². The summed E-state index contributed by atoms with van der Waals surface area (Å²) < 4.78 is 22.8. The maximum atomic E-state index is 10.3. The highest BCUT2D eigenvalue weighted by molar-refractivity contribution is 7.88. The average Bonchev–Trinajstić information content (AvgIpc) is 1.62. The van der Waals surface area contributed by atoms with Crippen molar-refractivity contribution in [2.75, 3.05) is 6.26 Å². The number of nitrogens with zero attached hydrogens (tertiary/aromatic N) is 1. The third kappa shape index (κ3) is 5.27. The van der Waals surface area contributed by atoms with Crippen LogP contribution in [-0.2, 0) is 10.0 Å². The van der Waals surface area contributed by atoms with Gasteiger partial charge >= 0.3 is 0 Å². The van der Waals surface area contributed by atoms with E-state index in [0.717, 1.165) is 6.26 Å². The second-order valence-corrected chi connectivity index (χ2v) is 3.52. The molecule has 0 aromatic rings. The first-order chi connectivity index (χ1) is 3.95. The summed E-state index contributed by atoms with van der Waals surface area (Å²) >= 11 is 0. The zero-order valence-electron chi connectivity index (χ0n) is 5.25. The molecular weight excluding hydrogens is 140 g/mol. The first-order valence-electron chi connectivity index (χ1n) is 2.32. The van der Waals surface area contributed by atoms with E-state index in [0.29, 0.717) is 0 Å². The highest BCUT2D eigenvalue weighted by Gasteiger charge is 2.04. The predicted molar refractivity (Wildman–Crippen MR) is 33.1 cm³/mol. The van der Waals surface area contributed by atoms with Crippen molar-refractivity contribution < 1.29 is 8.42 Å². The fraction of sp³-hybridized carbons (Fsp3) is 0.750. The van der Waals surface area contributed by atoms with Crippen LogP contribution >= 0.6 is 0 Å². The molecule has 0 saturated heterocycles. The molecule has 1 atom stereocenters. The van der Waals surface area contributed by atoms with Crippen LogP contribution in [0.4, 0.5) is 0 Å². The third-order valence-electron chi connectivity index (χ3n) is 0.585. The summed E-state index contributed by atoms with van der Waals surface area (Å²) in [6, 6.07) is 1.09. The van der Waals surface area contributed by atoms with Gasteiger partial charge in [0.1, 0.15) is 6.04 Å². The standard InChI is InChI=1S/C4H8N2O2S/c1-4(3-5)6-9(2,7)8/h4,6H,1-2H3. The summed E-state index contributed by atoms with van der Waals surface area (Å²) in [7, 11) is -3.21. The lowest BCUT2D eigenvalue weighted by Gasteiger charge is -2.00. The van der Waals surface area contributed by atoms with Gasteiger partial charge < -0.3 is 0 Å². The van der Waals surface area contributed by atoms with Gasteiger partial charge in [0.05, 0.1) is 12.3 Å². The van der Waals surface area contributed by atoms with Gasteiger partial charge in [-0.2, -0.15) is 9.98 Å². The van der Waals surface area contributed by atoms with Crippen molar-refractivity contribution >= 4 is 10.0 Å². The molecule has 0 aliphatic heterocycles. The van der Waals surface area contributed by atoms with Crippen LogP contribution in [0.2, 0.25) is 0 Å². The molecule has 0 fully saturated rings. The molecule has 0 heterocycles. The summed E-state index contributed by atoms with van der Waals surface area (Å²) in [6.45, 7) is 1.47. The molecule has 0 radical (unpaired) electrons. The maximum absolute atomic E-state index is 10.3. The maximum Gasteiger partial charge on any atom is 0.209 e. The number of hydrogen-bond donors (Lipinski definition) is 1. The highest BCUT2D eigenvalue weighted by Crippen LogP contribution is 1.80. The number of nitriles is 1. The van der Waals surface area contributed by atoms with Crippen molar-refractivity contribution in [3.05, 3.63) is 0 Å². The van der Waals surface area contributed by atoms with E-state index in [2.05, 4.69) is 4.72 Å². The van der Waals surface area contributed by atoms with Gasteiger partial charge in [-0.1, -0.05) is 0 Å². The monoisotopic (exact) mass is 148 g/mol. The Morgan fingerprint density at radius 1 is 1.67 bits per heavy atom. The van der Waals surface area contributed by atoms with Crippen LogP contribution in [-0.4, -0.2) is 20.7 Å². The van der Waals surface area contributed by atoms with E-state index in [1.54, 1.807) is 6.07 Å². The summed E-state index contributed by atoms with van der Waals surface area (Å²) in [5.74, 6) is 0. The van der Waals surface area contributed by atoms with Crippen LogP contribution in [0.1, 0.15) is 6.92 Å². The molecule has 0 aromatic heterocycles. The molecule has 0 aliphatic carbocycles. The van der Waals surface area contributed by atoms with Crippen molar-refractivity contribution in [2.45, 2.75) is 13.0 Å². The molecule has 0 amide bonds. The molecule has 1 unspecified atom stereocenters. The van der Waals surface area contributed by atoms with Crippen LogP contribution in [0, 0.1) is 11.3 Å². The van der Waals surface area contributed by atoms with Crippen LogP contribution in [0.3, 0.4) is 0 Å². The predicted octanol–water partition coefficient (Wildman–Crippen LogP) is -0.552. The van der Waals surface area contributed by atoms with Crippen LogP contribution in [0.15, 0.2) is 0 Å². The fourth-order valence-corrected chi connectivity index (χ4v) is 1.04. The number of nitrogens with one attached hydrogen (secondary N) is 1. The highest BCUT2D eigenvalue weighted by atomic mass is 32.2. The molecule has 0 saturated carbocycles. The van der Waals surface area contributed by atoms with Gasteiger partial charge in [0, 0.05) is 0 Å². The summed E-state index contributed by atoms with van der Waals surface area (Å²) in [6.07, 6.45) is 1.01. The first-order valence-corrected chi connectivity index (χ1v) is 4.22. The SMILES string of the molecule is CC(C#N)NS(C)(=O)=O. The van der Waals surface area contributed by atoms with Crippen LogP contribution < -0.4 is 4.72 Å². The van der Waals surface area contributed by atoms with Gasteiger partial charge in [0.2, 0.25) is 10.0 Å². The van der Waals surface area contributed by atoms with Gasteiger partial charge in [0.15, 0.2) is 0 Å². The molecule has 0 spiro atoms. The minimum atomic E-state index is -3.21. The van der Waals surface area contributed by atoms with Crippen molar-refractivity contribution in [2.24, 2.45) is 0 Å². The summed E-state index contributed by atoms with van der Waals surface area (Å²) in [4.78, 5) is 0. The Kier molecular flexibility index (Phi) is 2.62. The molecule has 0 bridgehead atoms. The smallest absolute Gasteiger partial charge is 0.209 e. The Morgan fingerprint density at radius 3 is 2.22 bits per heavy atom. The van der Waals surface area contributed by atoms with E-state index in [-0.39, 0.29) is 0 Å². The number of sulfonamides is 1. The topological polar surface area (TPSA) is 70.0 Å². The number of rotatable bonds is 2. The second-order valence-electron chi connectivity index (χ2n) is 1.74. The van der Waals surface area contributed by atoms with Crippen molar-refractivity contribution in [1.29, 1.82) is 5.26 Å². The Balaban J connectivity index is 3.94. The minimum Gasteiger partial charge on any atom is -0.213 e. The zero-order chi connectivity index (χ0) is 7.49. The minimum absolute atomic E-state index is 0.639. The molecule has 0 aromatic carbocycles. The quantitative estimate of drug-likeness (QED) is 0.571. The van der Waals surface area contributed by atoms with E-state index in [1.807, 2.05) is 0 Å². The van der Waals surface area contributed by atoms with Gasteiger partial charge in [-0.05, 0) is 6.92 Å². The van der Waals surface area contributed by atoms with E-state index in [1.165, 1.54) is 6.92 Å². The molecule has 0 aliphatic rings. The number of hydrogen-bond acceptors (Lipinski definition) is 3. The van der Waals surface area contributed by atoms with Gasteiger partial charge in [0.25, 0.3) is 0 Å². The molecule has 5 heteroatoms. The Morgan fingerprint density at radius 2 is 2.11 bits per heavy atom. The van der Waals surface area contributed by atoms with Crippen molar-refractivity contribution in [3.8, 4) is 6.07 Å². The zero-order valence-corrected chi connectivity index (χ0v) is 6.07. The lowest BCUT2D eigenvalue weighted by atomic mass is 10.4. The largest absolute Gasteiger partial charge is 0.213 e. The van der Waals surface area contributed by atoms with Gasteiger partial charge in [-0.15, -0.1) is 0 Å². The molecule has 1 N–H and O–H groups in total. The van der Waals surface area contributed by atoms with Gasteiger partial charge in [-0.3, -0.25) is 0 Å². The Bertz CT molecular complexity index is 213. The van der Waals surface area contributed by atoms with Crippen molar-refractivity contribution in [3.63, 3.8) is 0 Å². The van der Waals surface area contributed by atoms with Crippen LogP contribution in [0.5, 0.6) is 0 Å². The molecule has 4 nitrogen and oxygen atoms in total.